The molecule has 0 unspecified atom stereocenters. The molecule has 0 radical (unpaired) electrons. The summed E-state index contributed by atoms with van der Waals surface area (Å²) in [6.07, 6.45) is 11.0. The number of aromatic nitrogens is 2. The predicted octanol–water partition coefficient (Wildman–Crippen LogP) is 7.50. The van der Waals surface area contributed by atoms with E-state index in [0.29, 0.717) is 18.2 Å². The number of sulfonamides is 1. The average molecular weight is 627 g/mol. The van der Waals surface area contributed by atoms with E-state index in [1.807, 2.05) is 13.0 Å². The lowest BCUT2D eigenvalue weighted by atomic mass is 9.76. The third-order valence-corrected chi connectivity index (χ3v) is 10.3. The van der Waals surface area contributed by atoms with Crippen LogP contribution in [0.1, 0.15) is 65.7 Å². The number of piperidine rings is 1. The number of hydrogen-bond donors (Lipinski definition) is 3. The Kier molecular flexibility index (Phi) is 10.3. The van der Waals surface area contributed by atoms with E-state index in [9.17, 15) is 8.42 Å². The molecule has 1 aliphatic carbocycles. The minimum atomic E-state index is -3.75. The molecule has 232 valence electrons. The molecule has 1 aromatic heterocycles. The van der Waals surface area contributed by atoms with E-state index in [1.54, 1.807) is 32.0 Å². The van der Waals surface area contributed by atoms with Crippen LogP contribution < -0.4 is 25.0 Å². The standard InChI is InChI=1S/C32H43ClN6O3S/c1-4-42-29-20-25(39-18-16-24(17-19-39)23-10-6-5-7-11-23)14-15-27(29)36-32-34-21-26(33)31(37-32)35-28-12-8-9-13-30(28)43(40,41)38-22(2)3/h8-9,12-15,20-24,38H,4-7,10-11,16-19H2,1-3H3,(H2,34,35,36,37). The van der Waals surface area contributed by atoms with Crippen molar-refractivity contribution in [1.82, 2.24) is 14.7 Å². The lowest BCUT2D eigenvalue weighted by Gasteiger charge is -2.38. The van der Waals surface area contributed by atoms with Crippen molar-refractivity contribution in [1.29, 1.82) is 0 Å². The van der Waals surface area contributed by atoms with Crippen molar-refractivity contribution < 1.29 is 13.2 Å². The molecule has 0 amide bonds. The van der Waals surface area contributed by atoms with Crippen molar-refractivity contribution in [2.24, 2.45) is 11.8 Å². The van der Waals surface area contributed by atoms with Crippen molar-refractivity contribution in [3.8, 4) is 5.75 Å². The quantitative estimate of drug-likeness (QED) is 0.201. The fourth-order valence-electron chi connectivity index (χ4n) is 6.26. The zero-order valence-electron chi connectivity index (χ0n) is 25.3. The molecular formula is C32H43ClN6O3S. The van der Waals surface area contributed by atoms with Crippen molar-refractivity contribution >= 4 is 50.5 Å². The second-order valence-electron chi connectivity index (χ2n) is 11.7. The molecular weight excluding hydrogens is 584 g/mol. The molecule has 9 nitrogen and oxygen atoms in total. The first-order chi connectivity index (χ1) is 20.7. The van der Waals surface area contributed by atoms with E-state index in [1.165, 1.54) is 57.2 Å². The molecule has 0 spiro atoms. The monoisotopic (exact) mass is 626 g/mol. The summed E-state index contributed by atoms with van der Waals surface area (Å²) in [6.45, 7) is 8.17. The minimum absolute atomic E-state index is 0.102. The summed E-state index contributed by atoms with van der Waals surface area (Å²) in [5.74, 6) is 3.07. The van der Waals surface area contributed by atoms with Crippen LogP contribution in [0.15, 0.2) is 53.6 Å². The van der Waals surface area contributed by atoms with Gasteiger partial charge in [0.05, 0.1) is 24.2 Å². The van der Waals surface area contributed by atoms with Gasteiger partial charge in [-0.2, -0.15) is 4.98 Å². The number of benzene rings is 2. The normalized spacial score (nSPS) is 16.8. The SMILES string of the molecule is CCOc1cc(N2CCC(C3CCCCC3)CC2)ccc1Nc1ncc(Cl)c(Nc2ccccc2S(=O)(=O)NC(C)C)n1. The third-order valence-electron chi connectivity index (χ3n) is 8.30. The fourth-order valence-corrected chi connectivity index (χ4v) is 7.81. The van der Waals surface area contributed by atoms with Gasteiger partial charge in [0.2, 0.25) is 16.0 Å². The topological polar surface area (TPSA) is 108 Å². The van der Waals surface area contributed by atoms with E-state index >= 15 is 0 Å². The lowest BCUT2D eigenvalue weighted by Crippen LogP contribution is -2.36. The summed E-state index contributed by atoms with van der Waals surface area (Å²) in [5.41, 5.74) is 2.25. The molecule has 2 aromatic carbocycles. The predicted molar refractivity (Wildman–Crippen MR) is 175 cm³/mol. The minimum Gasteiger partial charge on any atom is -0.492 e. The number of nitrogens with zero attached hydrogens (tertiary/aromatic N) is 3. The van der Waals surface area contributed by atoms with Gasteiger partial charge >= 0.3 is 0 Å². The first kappa shape index (κ1) is 31.3. The largest absolute Gasteiger partial charge is 0.492 e. The van der Waals surface area contributed by atoms with E-state index < -0.39 is 10.0 Å². The number of para-hydroxylation sites is 1. The van der Waals surface area contributed by atoms with Gasteiger partial charge in [-0.25, -0.2) is 18.1 Å². The zero-order chi connectivity index (χ0) is 30.4. The van der Waals surface area contributed by atoms with Crippen LogP contribution in [0.3, 0.4) is 0 Å². The lowest BCUT2D eigenvalue weighted by molar-refractivity contribution is 0.213. The molecule has 2 aliphatic rings. The van der Waals surface area contributed by atoms with E-state index in [4.69, 9.17) is 16.3 Å². The Morgan fingerprint density at radius 2 is 1.70 bits per heavy atom. The first-order valence-corrected chi connectivity index (χ1v) is 17.3. The summed E-state index contributed by atoms with van der Waals surface area (Å²) >= 11 is 6.44. The fraction of sp³-hybridized carbons (Fsp3) is 0.500. The Bertz CT molecular complexity index is 1490. The van der Waals surface area contributed by atoms with E-state index in [2.05, 4.69) is 42.4 Å². The van der Waals surface area contributed by atoms with Crippen LogP contribution in [0.4, 0.5) is 28.8 Å². The van der Waals surface area contributed by atoms with Gasteiger partial charge < -0.3 is 20.3 Å². The van der Waals surface area contributed by atoms with Crippen molar-refractivity contribution in [2.75, 3.05) is 35.2 Å². The maximum absolute atomic E-state index is 12.9. The summed E-state index contributed by atoms with van der Waals surface area (Å²) in [4.78, 5) is 11.5. The molecule has 3 aromatic rings. The van der Waals surface area contributed by atoms with Gasteiger partial charge in [-0.1, -0.05) is 55.8 Å². The molecule has 5 rings (SSSR count). The van der Waals surface area contributed by atoms with Gasteiger partial charge in [0.25, 0.3) is 0 Å². The van der Waals surface area contributed by atoms with Crippen molar-refractivity contribution in [3.63, 3.8) is 0 Å². The van der Waals surface area contributed by atoms with Crippen LogP contribution in [0, 0.1) is 11.8 Å². The van der Waals surface area contributed by atoms with E-state index in [0.717, 1.165) is 42.0 Å². The van der Waals surface area contributed by atoms with Crippen LogP contribution >= 0.6 is 11.6 Å². The summed E-state index contributed by atoms with van der Waals surface area (Å²) in [6, 6.07) is 12.6. The highest BCUT2D eigenvalue weighted by atomic mass is 35.5. The van der Waals surface area contributed by atoms with Crippen LogP contribution in [0.2, 0.25) is 5.02 Å². The summed E-state index contributed by atoms with van der Waals surface area (Å²) in [5, 5.41) is 6.61. The van der Waals surface area contributed by atoms with Gasteiger partial charge in [-0.05, 0) is 69.7 Å². The average Bonchev–Trinajstić information content (AvgIpc) is 3.00. The highest BCUT2D eigenvalue weighted by molar-refractivity contribution is 7.89. The van der Waals surface area contributed by atoms with Gasteiger partial charge in [0.15, 0.2) is 5.82 Å². The van der Waals surface area contributed by atoms with Gasteiger partial charge in [0.1, 0.15) is 15.7 Å². The Morgan fingerprint density at radius 3 is 2.42 bits per heavy atom. The smallest absolute Gasteiger partial charge is 0.242 e. The Morgan fingerprint density at radius 1 is 0.977 bits per heavy atom. The van der Waals surface area contributed by atoms with Crippen LogP contribution in [-0.4, -0.2) is 44.1 Å². The number of rotatable bonds is 11. The number of nitrogens with one attached hydrogen (secondary N) is 3. The molecule has 2 fully saturated rings. The van der Waals surface area contributed by atoms with Crippen LogP contribution in [0.5, 0.6) is 5.75 Å². The Hall–Kier alpha value is -3.08. The van der Waals surface area contributed by atoms with Crippen LogP contribution in [-0.2, 0) is 10.0 Å². The molecule has 1 saturated carbocycles. The summed E-state index contributed by atoms with van der Waals surface area (Å²) < 4.78 is 34.5. The Balaban J connectivity index is 1.31. The molecule has 11 heteroatoms. The van der Waals surface area contributed by atoms with Gasteiger partial charge in [-0.15, -0.1) is 0 Å². The maximum Gasteiger partial charge on any atom is 0.242 e. The van der Waals surface area contributed by atoms with Crippen molar-refractivity contribution in [3.05, 3.63) is 53.7 Å². The van der Waals surface area contributed by atoms with Crippen molar-refractivity contribution in [2.45, 2.75) is 76.7 Å². The van der Waals surface area contributed by atoms with Crippen LogP contribution in [0.25, 0.3) is 0 Å². The molecule has 2 heterocycles. The second-order valence-corrected chi connectivity index (χ2v) is 13.8. The number of halogens is 1. The highest BCUT2D eigenvalue weighted by Crippen LogP contribution is 2.38. The molecule has 1 saturated heterocycles. The highest BCUT2D eigenvalue weighted by Gasteiger charge is 2.28. The number of ether oxygens (including phenoxy) is 1. The van der Waals surface area contributed by atoms with E-state index in [-0.39, 0.29) is 21.8 Å². The van der Waals surface area contributed by atoms with Gasteiger partial charge in [-0.3, -0.25) is 0 Å². The summed E-state index contributed by atoms with van der Waals surface area (Å²) in [7, 11) is -3.75. The first-order valence-electron chi connectivity index (χ1n) is 15.4. The number of anilines is 5. The molecule has 1 aliphatic heterocycles. The zero-order valence-corrected chi connectivity index (χ0v) is 26.8. The van der Waals surface area contributed by atoms with Gasteiger partial charge in [0, 0.05) is 30.9 Å². The molecule has 3 N–H and O–H groups in total. The molecule has 0 atom stereocenters. The second kappa shape index (κ2) is 14.1. The third kappa shape index (κ3) is 7.91. The maximum atomic E-state index is 12.9. The Labute approximate surface area is 260 Å². The molecule has 0 bridgehead atoms. The number of hydrogen-bond acceptors (Lipinski definition) is 8. The molecule has 43 heavy (non-hydrogen) atoms.